The second-order valence-electron chi connectivity index (χ2n) is 5.60. The molecule has 1 fully saturated rings. The van der Waals surface area contributed by atoms with Crippen molar-refractivity contribution in [1.82, 2.24) is 10.2 Å². The first-order valence-corrected chi connectivity index (χ1v) is 9.48. The van der Waals surface area contributed by atoms with Crippen LogP contribution in [-0.4, -0.2) is 44.3 Å². The first kappa shape index (κ1) is 17.1. The van der Waals surface area contributed by atoms with Gasteiger partial charge in [0.2, 0.25) is 0 Å². The van der Waals surface area contributed by atoms with Crippen LogP contribution < -0.4 is 5.32 Å². The number of benzene rings is 1. The van der Waals surface area contributed by atoms with Crippen molar-refractivity contribution in [3.63, 3.8) is 0 Å². The van der Waals surface area contributed by atoms with E-state index in [9.17, 15) is 0 Å². The first-order chi connectivity index (χ1) is 10.4. The van der Waals surface area contributed by atoms with E-state index in [2.05, 4.69) is 60.4 Å². The Morgan fingerprint density at radius 3 is 2.57 bits per heavy atom. The van der Waals surface area contributed by atoms with E-state index in [1.54, 1.807) is 0 Å². The number of hydrogen-bond donors (Lipinski definition) is 1. The molecule has 1 saturated heterocycles. The zero-order chi connectivity index (χ0) is 14.8. The first-order valence-electron chi connectivity index (χ1n) is 8.06. The molecule has 1 aliphatic rings. The molecule has 1 N–H and O–H groups in total. The molecule has 3 nitrogen and oxygen atoms in total. The van der Waals surface area contributed by atoms with E-state index in [1.807, 2.05) is 0 Å². The Morgan fingerprint density at radius 2 is 1.86 bits per heavy atom. The molecule has 1 aromatic rings. The molecule has 0 unspecified atom stereocenters. The fourth-order valence-corrected chi connectivity index (χ4v) is 3.13. The summed E-state index contributed by atoms with van der Waals surface area (Å²) in [7, 11) is 0. The molecule has 1 aliphatic heterocycles. The molecule has 0 bridgehead atoms. The number of ether oxygens (including phenoxy) is 1. The van der Waals surface area contributed by atoms with Gasteiger partial charge >= 0.3 is 140 Å². The Morgan fingerprint density at radius 1 is 1.10 bits per heavy atom. The molecule has 1 heterocycles. The van der Waals surface area contributed by atoms with Crippen molar-refractivity contribution in [2.24, 2.45) is 0 Å². The van der Waals surface area contributed by atoms with Crippen LogP contribution in [0.25, 0.3) is 0 Å². The van der Waals surface area contributed by atoms with Crippen LogP contribution in [0.2, 0.25) is 4.81 Å². The topological polar surface area (TPSA) is 24.5 Å². The number of hydrogen-bond acceptors (Lipinski definition) is 3. The molecule has 2 rings (SSSR count). The van der Waals surface area contributed by atoms with E-state index in [-0.39, 0.29) is 0 Å². The van der Waals surface area contributed by atoms with Crippen molar-refractivity contribution < 1.29 is 24.6 Å². The van der Waals surface area contributed by atoms with E-state index in [0.29, 0.717) is 6.04 Å². The zero-order valence-corrected chi connectivity index (χ0v) is 14.8. The molecule has 0 amide bonds. The molecule has 0 aliphatic carbocycles. The molecule has 0 saturated carbocycles. The molecule has 0 aromatic heterocycles. The zero-order valence-electron chi connectivity index (χ0n) is 12.8. The number of piperidine rings is 1. The summed E-state index contributed by atoms with van der Waals surface area (Å²) in [6.07, 6.45) is 4.09. The van der Waals surface area contributed by atoms with Gasteiger partial charge in [-0.25, -0.2) is 0 Å². The summed E-state index contributed by atoms with van der Waals surface area (Å²) in [4.78, 5) is 3.70. The van der Waals surface area contributed by atoms with Gasteiger partial charge in [0.05, 0.1) is 0 Å². The fraction of sp³-hybridized carbons (Fsp3) is 0.647. The van der Waals surface area contributed by atoms with Crippen LogP contribution in [-0.2, 0) is 24.6 Å². The van der Waals surface area contributed by atoms with E-state index in [4.69, 9.17) is 4.74 Å². The van der Waals surface area contributed by atoms with E-state index >= 15 is 0 Å². The molecule has 0 radical (unpaired) electrons. The van der Waals surface area contributed by atoms with Crippen LogP contribution in [0.4, 0.5) is 0 Å². The number of nitrogens with zero attached hydrogens (tertiary/aromatic N) is 1. The Labute approximate surface area is 140 Å². The molecule has 4 heteroatoms. The van der Waals surface area contributed by atoms with Gasteiger partial charge in [0, 0.05) is 0 Å². The van der Waals surface area contributed by atoms with Crippen LogP contribution in [0.1, 0.15) is 30.9 Å². The van der Waals surface area contributed by atoms with Gasteiger partial charge in [-0.2, -0.15) is 0 Å². The third-order valence-electron chi connectivity index (χ3n) is 3.96. The third kappa shape index (κ3) is 6.61. The maximum atomic E-state index is 5.59. The molecule has 1 aromatic carbocycles. The number of nitrogens with one attached hydrogen (secondary N) is 1. The van der Waals surface area contributed by atoms with Crippen molar-refractivity contribution >= 4 is 0 Å². The normalized spacial score (nSPS) is 17.7. The van der Waals surface area contributed by atoms with Gasteiger partial charge in [-0.05, 0) is 0 Å². The van der Waals surface area contributed by atoms with Crippen molar-refractivity contribution in [2.75, 3.05) is 39.4 Å². The van der Waals surface area contributed by atoms with E-state index < -0.39 is 0 Å². The molecule has 21 heavy (non-hydrogen) atoms. The predicted octanol–water partition coefficient (Wildman–Crippen LogP) is 2.78. The fourth-order valence-electron chi connectivity index (χ4n) is 2.84. The van der Waals surface area contributed by atoms with Crippen molar-refractivity contribution in [2.45, 2.75) is 30.1 Å². The summed E-state index contributed by atoms with van der Waals surface area (Å²) >= 11 is 2.08. The summed E-state index contributed by atoms with van der Waals surface area (Å²) in [5.74, 6) is 0. The summed E-state index contributed by atoms with van der Waals surface area (Å²) in [5.41, 5.74) is 1.39. The Kier molecular flexibility index (Phi) is 8.58. The van der Waals surface area contributed by atoms with Crippen molar-refractivity contribution in [3.8, 4) is 0 Å². The van der Waals surface area contributed by atoms with Crippen LogP contribution in [0.5, 0.6) is 0 Å². The third-order valence-corrected chi connectivity index (χ3v) is 4.37. The minimum atomic E-state index is 0.412. The quantitative estimate of drug-likeness (QED) is 0.534. The Balaban J connectivity index is 1.84. The van der Waals surface area contributed by atoms with Crippen LogP contribution in [0.3, 0.4) is 0 Å². The van der Waals surface area contributed by atoms with Gasteiger partial charge in [-0.3, -0.25) is 0 Å². The van der Waals surface area contributed by atoms with Gasteiger partial charge in [-0.15, -0.1) is 0 Å². The van der Waals surface area contributed by atoms with Gasteiger partial charge in [0.1, 0.15) is 0 Å². The molecule has 1 atom stereocenters. The molecule has 0 spiro atoms. The van der Waals surface area contributed by atoms with Gasteiger partial charge in [0.15, 0.2) is 0 Å². The van der Waals surface area contributed by atoms with Crippen molar-refractivity contribution in [1.29, 1.82) is 0 Å². The van der Waals surface area contributed by atoms with Gasteiger partial charge in [-0.1, -0.05) is 0 Å². The van der Waals surface area contributed by atoms with Crippen LogP contribution in [0, 0.1) is 0 Å². The van der Waals surface area contributed by atoms with Crippen molar-refractivity contribution in [3.05, 3.63) is 35.9 Å². The summed E-state index contributed by atoms with van der Waals surface area (Å²) in [6, 6.07) is 11.2. The van der Waals surface area contributed by atoms with Gasteiger partial charge in [0.25, 0.3) is 0 Å². The van der Waals surface area contributed by atoms with E-state index in [0.717, 1.165) is 31.1 Å². The second kappa shape index (κ2) is 10.5. The monoisotopic (exact) mass is 373 g/mol. The average Bonchev–Trinajstić information content (AvgIpc) is 2.55. The molecular formula is C17H27MoN2O. The van der Waals surface area contributed by atoms with Crippen LogP contribution >= 0.6 is 0 Å². The summed E-state index contributed by atoms with van der Waals surface area (Å²) in [5, 5.41) is 3.68. The molecular weight excluding hydrogens is 344 g/mol. The summed E-state index contributed by atoms with van der Waals surface area (Å²) < 4.78 is 5.59. The standard InChI is InChI=1S/C17H27N2O.Mo/c1-2-20-14-11-18-17(16-9-5-3-6-10-16)15-19-12-7-4-8-13-19;/h3,5-6,9-10,17-18H,1-2,4,7-8,11-15H2;/t17-;/m1./s1. The predicted molar refractivity (Wildman–Crippen MR) is 83.1 cm³/mol. The molecule has 117 valence electrons. The minimum absolute atomic E-state index is 0.412. The number of likely N-dealkylation sites (tertiary alicyclic amines) is 1. The van der Waals surface area contributed by atoms with Crippen LogP contribution in [0.15, 0.2) is 30.3 Å². The summed E-state index contributed by atoms with van der Waals surface area (Å²) in [6.45, 7) is 6.20. The Bertz CT molecular complexity index is 368. The SMILES string of the molecule is [Mo][CH2]COCCN[C@H](CN1CCCCC1)c1ccccc1. The average molecular weight is 371 g/mol. The van der Waals surface area contributed by atoms with E-state index in [1.165, 1.54) is 37.9 Å². The Hall–Kier alpha value is -0.212. The number of rotatable bonds is 9. The van der Waals surface area contributed by atoms with Gasteiger partial charge < -0.3 is 0 Å². The second-order valence-corrected chi connectivity index (χ2v) is 6.60. The maximum absolute atomic E-state index is 5.59.